The molecule has 218 valence electrons. The molecule has 2 N–H and O–H groups in total. The molecule has 7 nitrogen and oxygen atoms in total. The first kappa shape index (κ1) is 31.8. The van der Waals surface area contributed by atoms with Crippen LogP contribution in [0.4, 0.5) is 13.2 Å². The predicted molar refractivity (Wildman–Crippen MR) is 148 cm³/mol. The predicted octanol–water partition coefficient (Wildman–Crippen LogP) is 5.88. The fraction of sp³-hybridized carbons (Fsp3) is 0.276. The first-order valence-corrected chi connectivity index (χ1v) is 13.1. The van der Waals surface area contributed by atoms with Crippen molar-refractivity contribution in [3.05, 3.63) is 94.0 Å². The molecule has 3 rings (SSSR count). The van der Waals surface area contributed by atoms with Gasteiger partial charge in [0, 0.05) is 16.5 Å². The van der Waals surface area contributed by atoms with Crippen LogP contribution in [0.3, 0.4) is 0 Å². The van der Waals surface area contributed by atoms with Gasteiger partial charge in [-0.05, 0) is 66.6 Å². The van der Waals surface area contributed by atoms with E-state index in [9.17, 15) is 27.6 Å². The smallest absolute Gasteiger partial charge is 0.452 e. The summed E-state index contributed by atoms with van der Waals surface area (Å²) in [4.78, 5) is 37.9. The summed E-state index contributed by atoms with van der Waals surface area (Å²) in [6, 6.07) is 16.6. The molecule has 0 aliphatic carbocycles. The van der Waals surface area contributed by atoms with Crippen LogP contribution < -0.4 is 20.1 Å². The molecule has 12 heteroatoms. The SMILES string of the molecule is COc1ccc(OC(CC(=O)N[C@@H](Cc2cccc(Cl)c2)C(=O)N[C@@H](C)C(=O)C(F)(F)F)c2ccc(Cl)cc2)cc1. The number of carbonyl (C=O) groups excluding carboxylic acids is 3. The highest BCUT2D eigenvalue weighted by Gasteiger charge is 2.42. The fourth-order valence-electron chi connectivity index (χ4n) is 3.88. The Morgan fingerprint density at radius 2 is 1.51 bits per heavy atom. The van der Waals surface area contributed by atoms with Crippen LogP contribution >= 0.6 is 23.2 Å². The molecule has 0 heterocycles. The Hall–Kier alpha value is -3.76. The first-order valence-electron chi connectivity index (χ1n) is 12.4. The van der Waals surface area contributed by atoms with Gasteiger partial charge in [-0.2, -0.15) is 13.2 Å². The Bertz CT molecular complexity index is 1350. The Morgan fingerprint density at radius 1 is 0.878 bits per heavy atom. The third-order valence-corrected chi connectivity index (χ3v) is 6.45. The zero-order valence-electron chi connectivity index (χ0n) is 22.0. The van der Waals surface area contributed by atoms with Crippen LogP contribution in [-0.4, -0.2) is 43.0 Å². The monoisotopic (exact) mass is 610 g/mol. The average Bonchev–Trinajstić information content (AvgIpc) is 2.92. The summed E-state index contributed by atoms with van der Waals surface area (Å²) in [7, 11) is 1.52. The van der Waals surface area contributed by atoms with Crippen molar-refractivity contribution < 1.29 is 37.0 Å². The summed E-state index contributed by atoms with van der Waals surface area (Å²) in [5.74, 6) is -2.68. The van der Waals surface area contributed by atoms with Crippen LogP contribution in [0.1, 0.15) is 30.6 Å². The summed E-state index contributed by atoms with van der Waals surface area (Å²) in [6.07, 6.45) is -6.32. The van der Waals surface area contributed by atoms with Crippen LogP contribution in [0.5, 0.6) is 11.5 Å². The molecule has 0 aliphatic rings. The number of rotatable bonds is 12. The van der Waals surface area contributed by atoms with Crippen LogP contribution in [0.2, 0.25) is 10.0 Å². The lowest BCUT2D eigenvalue weighted by molar-refractivity contribution is -0.173. The minimum atomic E-state index is -5.14. The van der Waals surface area contributed by atoms with E-state index in [1.54, 1.807) is 72.8 Å². The number of carbonyl (C=O) groups is 3. The normalized spacial score (nSPS) is 13.4. The molecular weight excluding hydrogens is 584 g/mol. The van der Waals surface area contributed by atoms with Crippen molar-refractivity contribution in [1.82, 2.24) is 10.6 Å². The van der Waals surface area contributed by atoms with Crippen molar-refractivity contribution >= 4 is 40.8 Å². The molecule has 2 amide bonds. The Labute approximate surface area is 244 Å². The molecule has 3 aromatic carbocycles. The largest absolute Gasteiger partial charge is 0.497 e. The lowest BCUT2D eigenvalue weighted by Crippen LogP contribution is -2.53. The van der Waals surface area contributed by atoms with Gasteiger partial charge in [0.1, 0.15) is 23.6 Å². The number of halogens is 5. The number of hydrogen-bond donors (Lipinski definition) is 2. The lowest BCUT2D eigenvalue weighted by Gasteiger charge is -2.24. The molecule has 0 aliphatic heterocycles. The van der Waals surface area contributed by atoms with Crippen molar-refractivity contribution in [2.75, 3.05) is 7.11 Å². The molecule has 41 heavy (non-hydrogen) atoms. The Balaban J connectivity index is 1.82. The number of amides is 2. The summed E-state index contributed by atoms with van der Waals surface area (Å²) in [6.45, 7) is 0.922. The van der Waals surface area contributed by atoms with Gasteiger partial charge >= 0.3 is 6.18 Å². The van der Waals surface area contributed by atoms with Gasteiger partial charge in [-0.15, -0.1) is 0 Å². The van der Waals surface area contributed by atoms with Crippen molar-refractivity contribution in [3.8, 4) is 11.5 Å². The van der Waals surface area contributed by atoms with E-state index in [1.807, 2.05) is 0 Å². The first-order chi connectivity index (χ1) is 19.3. The van der Waals surface area contributed by atoms with Crippen LogP contribution in [0.15, 0.2) is 72.8 Å². The molecule has 3 aromatic rings. The Morgan fingerprint density at radius 3 is 2.10 bits per heavy atom. The molecular formula is C29H27Cl2F3N2O5. The van der Waals surface area contributed by atoms with Crippen LogP contribution in [0, 0.1) is 0 Å². The maximum atomic E-state index is 13.2. The Kier molecular flexibility index (Phi) is 11.0. The molecule has 1 unspecified atom stereocenters. The minimum absolute atomic E-state index is 0.101. The summed E-state index contributed by atoms with van der Waals surface area (Å²) in [5.41, 5.74) is 1.15. The highest BCUT2D eigenvalue weighted by Crippen LogP contribution is 2.28. The lowest BCUT2D eigenvalue weighted by atomic mass is 10.0. The van der Waals surface area contributed by atoms with E-state index >= 15 is 0 Å². The number of ether oxygens (including phenoxy) is 2. The number of nitrogens with one attached hydrogen (secondary N) is 2. The second-order valence-corrected chi connectivity index (χ2v) is 9.96. The van der Waals surface area contributed by atoms with E-state index < -0.39 is 42.0 Å². The number of ketones is 1. The van der Waals surface area contributed by atoms with Gasteiger partial charge in [-0.1, -0.05) is 47.5 Å². The second kappa shape index (κ2) is 14.2. The highest BCUT2D eigenvalue weighted by molar-refractivity contribution is 6.30. The molecule has 0 saturated carbocycles. The minimum Gasteiger partial charge on any atom is -0.497 e. The van der Waals surface area contributed by atoms with Gasteiger partial charge in [-0.25, -0.2) is 0 Å². The molecule has 0 spiro atoms. The maximum absolute atomic E-state index is 13.2. The molecule has 3 atom stereocenters. The summed E-state index contributed by atoms with van der Waals surface area (Å²) in [5, 5.41) is 5.46. The van der Waals surface area contributed by atoms with E-state index in [4.69, 9.17) is 32.7 Å². The number of methoxy groups -OCH3 is 1. The maximum Gasteiger partial charge on any atom is 0.452 e. The zero-order chi connectivity index (χ0) is 30.2. The third-order valence-electron chi connectivity index (χ3n) is 5.96. The standard InChI is InChI=1S/C29H27Cl2F3N2O5/c1-17(27(38)29(32,33)34)35-28(39)24(15-18-4-3-5-21(31)14-18)36-26(37)16-25(19-6-8-20(30)9-7-19)41-23-12-10-22(40-2)11-13-23/h3-14,17,24-25H,15-16H2,1-2H3,(H,35,39)(H,36,37)/t17-,24-,25?/m0/s1. The van der Waals surface area contributed by atoms with Crippen molar-refractivity contribution in [2.45, 2.75) is 44.1 Å². The van der Waals surface area contributed by atoms with E-state index in [0.717, 1.165) is 6.92 Å². The van der Waals surface area contributed by atoms with E-state index in [1.165, 1.54) is 7.11 Å². The van der Waals surface area contributed by atoms with Crippen molar-refractivity contribution in [3.63, 3.8) is 0 Å². The van der Waals surface area contributed by atoms with E-state index in [-0.39, 0.29) is 12.8 Å². The molecule has 0 fully saturated rings. The number of alkyl halides is 3. The van der Waals surface area contributed by atoms with Gasteiger partial charge in [-0.3, -0.25) is 14.4 Å². The van der Waals surface area contributed by atoms with Gasteiger partial charge in [0.2, 0.25) is 11.8 Å². The van der Waals surface area contributed by atoms with Crippen molar-refractivity contribution in [1.29, 1.82) is 0 Å². The van der Waals surface area contributed by atoms with Crippen molar-refractivity contribution in [2.24, 2.45) is 0 Å². The van der Waals surface area contributed by atoms with Gasteiger partial charge in [0.05, 0.1) is 19.6 Å². The fourth-order valence-corrected chi connectivity index (χ4v) is 4.22. The molecule has 0 bridgehead atoms. The summed E-state index contributed by atoms with van der Waals surface area (Å²) < 4.78 is 49.9. The number of hydrogen-bond acceptors (Lipinski definition) is 5. The number of benzene rings is 3. The van der Waals surface area contributed by atoms with E-state index in [2.05, 4.69) is 10.6 Å². The summed E-state index contributed by atoms with van der Waals surface area (Å²) >= 11 is 12.1. The zero-order valence-corrected chi connectivity index (χ0v) is 23.5. The molecule has 0 aromatic heterocycles. The van der Waals surface area contributed by atoms with Crippen LogP contribution in [-0.2, 0) is 20.8 Å². The quantitative estimate of drug-likeness (QED) is 0.267. The average molecular weight is 611 g/mol. The van der Waals surface area contributed by atoms with Gasteiger partial charge < -0.3 is 20.1 Å². The second-order valence-electron chi connectivity index (χ2n) is 9.08. The number of Topliss-reactive ketones (excluding diaryl/α,β-unsaturated/α-hetero) is 1. The third kappa shape index (κ3) is 9.68. The topological polar surface area (TPSA) is 93.7 Å². The highest BCUT2D eigenvalue weighted by atomic mass is 35.5. The van der Waals surface area contributed by atoms with E-state index in [0.29, 0.717) is 32.7 Å². The van der Waals surface area contributed by atoms with Crippen LogP contribution in [0.25, 0.3) is 0 Å². The van der Waals surface area contributed by atoms with Gasteiger partial charge in [0.25, 0.3) is 5.78 Å². The molecule has 0 saturated heterocycles. The molecule has 0 radical (unpaired) electrons. The van der Waals surface area contributed by atoms with Gasteiger partial charge in [0.15, 0.2) is 0 Å².